The van der Waals surface area contributed by atoms with Crippen LogP contribution in [0.3, 0.4) is 0 Å². The summed E-state index contributed by atoms with van der Waals surface area (Å²) in [6.45, 7) is 0. The molecule has 3 aromatic rings. The largest absolute Gasteiger partial charge is 0.416 e. The number of hydrogen-bond donors (Lipinski definition) is 1. The third-order valence-electron chi connectivity index (χ3n) is 4.83. The normalized spacial score (nSPS) is 13.6. The number of alkyl halides is 3. The Bertz CT molecular complexity index is 1360. The fourth-order valence-corrected chi connectivity index (χ4v) is 4.31. The van der Waals surface area contributed by atoms with E-state index in [1.807, 2.05) is 0 Å². The number of halogens is 5. The molecule has 0 atom stereocenters. The van der Waals surface area contributed by atoms with E-state index >= 15 is 0 Å². The van der Waals surface area contributed by atoms with Crippen LogP contribution in [0.15, 0.2) is 52.6 Å². The number of nitrogens with one attached hydrogen (secondary N) is 1. The quantitative estimate of drug-likeness (QED) is 0.433. The van der Waals surface area contributed by atoms with E-state index in [-0.39, 0.29) is 17.9 Å². The molecule has 0 spiro atoms. The van der Waals surface area contributed by atoms with Gasteiger partial charge in [-0.05, 0) is 42.0 Å². The van der Waals surface area contributed by atoms with Crippen LogP contribution in [-0.2, 0) is 28.9 Å². The SMILES string of the molecule is CS(=O)(=O)c1nc2c(c(Nc3ccc(C(F)(F)F)cc3)n1)N=C(Cc1c(Cl)cccc1Cl)C2. The molecule has 0 saturated heterocycles. The fraction of sp³-hybridized carbons (Fsp3) is 0.190. The van der Waals surface area contributed by atoms with Crippen LogP contribution in [0.4, 0.5) is 30.4 Å². The molecule has 0 fully saturated rings. The van der Waals surface area contributed by atoms with Gasteiger partial charge in [-0.2, -0.15) is 18.2 Å². The van der Waals surface area contributed by atoms with Crippen LogP contribution in [-0.4, -0.2) is 30.4 Å². The fourth-order valence-electron chi connectivity index (χ4n) is 3.25. The minimum Gasteiger partial charge on any atom is -0.338 e. The highest BCUT2D eigenvalue weighted by Crippen LogP contribution is 2.37. The summed E-state index contributed by atoms with van der Waals surface area (Å²) in [7, 11) is -3.76. The molecule has 1 N–H and O–H groups in total. The highest BCUT2D eigenvalue weighted by Gasteiger charge is 2.30. The Kier molecular flexibility index (Phi) is 6.10. The minimum absolute atomic E-state index is 0.0699. The Morgan fingerprint density at radius 3 is 2.24 bits per heavy atom. The van der Waals surface area contributed by atoms with Crippen molar-refractivity contribution in [1.29, 1.82) is 0 Å². The second-order valence-electron chi connectivity index (χ2n) is 7.35. The highest BCUT2D eigenvalue weighted by atomic mass is 35.5. The third-order valence-corrected chi connectivity index (χ3v) is 6.38. The molecule has 1 aliphatic heterocycles. The average Bonchev–Trinajstić information content (AvgIpc) is 3.13. The van der Waals surface area contributed by atoms with Gasteiger partial charge in [0, 0.05) is 40.5 Å². The van der Waals surface area contributed by atoms with Crippen LogP contribution in [0.2, 0.25) is 10.0 Å². The lowest BCUT2D eigenvalue weighted by Gasteiger charge is -2.11. The van der Waals surface area contributed by atoms with Gasteiger partial charge >= 0.3 is 6.18 Å². The van der Waals surface area contributed by atoms with Crippen molar-refractivity contribution in [1.82, 2.24) is 9.97 Å². The molecule has 33 heavy (non-hydrogen) atoms. The Hall–Kier alpha value is -2.69. The summed E-state index contributed by atoms with van der Waals surface area (Å²) in [5.41, 5.74) is 1.45. The lowest BCUT2D eigenvalue weighted by molar-refractivity contribution is -0.137. The highest BCUT2D eigenvalue weighted by molar-refractivity contribution is 7.90. The molecule has 1 aliphatic rings. The van der Waals surface area contributed by atoms with Crippen molar-refractivity contribution in [2.75, 3.05) is 11.6 Å². The molecule has 0 amide bonds. The number of nitrogens with zero attached hydrogens (tertiary/aromatic N) is 3. The number of aliphatic imine (C=N–C) groups is 1. The molecule has 172 valence electrons. The predicted molar refractivity (Wildman–Crippen MR) is 121 cm³/mol. The van der Waals surface area contributed by atoms with Crippen LogP contribution in [0, 0.1) is 0 Å². The Balaban J connectivity index is 1.71. The van der Waals surface area contributed by atoms with Crippen molar-refractivity contribution < 1.29 is 21.6 Å². The van der Waals surface area contributed by atoms with Crippen LogP contribution < -0.4 is 5.32 Å². The van der Waals surface area contributed by atoms with Gasteiger partial charge in [-0.3, -0.25) is 4.99 Å². The summed E-state index contributed by atoms with van der Waals surface area (Å²) in [5, 5.41) is 3.38. The van der Waals surface area contributed by atoms with Crippen LogP contribution in [0.5, 0.6) is 0 Å². The van der Waals surface area contributed by atoms with Crippen molar-refractivity contribution in [2.45, 2.75) is 24.2 Å². The molecule has 2 aromatic carbocycles. The van der Waals surface area contributed by atoms with Gasteiger partial charge in [0.1, 0.15) is 5.69 Å². The van der Waals surface area contributed by atoms with Crippen molar-refractivity contribution in [3.8, 4) is 0 Å². The topological polar surface area (TPSA) is 84.3 Å². The van der Waals surface area contributed by atoms with E-state index in [9.17, 15) is 21.6 Å². The van der Waals surface area contributed by atoms with Gasteiger partial charge in [0.25, 0.3) is 0 Å². The van der Waals surface area contributed by atoms with Crippen LogP contribution >= 0.6 is 23.2 Å². The lowest BCUT2D eigenvalue weighted by atomic mass is 10.1. The maximum atomic E-state index is 12.8. The van der Waals surface area contributed by atoms with Gasteiger partial charge in [-0.15, -0.1) is 0 Å². The number of fused-ring (bicyclic) bond motifs is 1. The van der Waals surface area contributed by atoms with E-state index in [0.717, 1.165) is 18.4 Å². The number of sulfone groups is 1. The van der Waals surface area contributed by atoms with Gasteiger partial charge in [0.05, 0.1) is 11.3 Å². The Labute approximate surface area is 197 Å². The van der Waals surface area contributed by atoms with Gasteiger partial charge in [0.2, 0.25) is 15.0 Å². The molecule has 1 aromatic heterocycles. The summed E-state index contributed by atoms with van der Waals surface area (Å²) in [6, 6.07) is 9.39. The van der Waals surface area contributed by atoms with E-state index in [1.54, 1.807) is 18.2 Å². The standard InChI is InChI=1S/C21H15Cl2F3N4O2S/c1-33(31,32)20-29-17-10-13(9-14-15(22)3-2-4-16(14)23)27-18(17)19(30-20)28-12-7-5-11(6-8-12)21(24,25)26/h2-8H,9-10H2,1H3,(H,28,29,30). The summed E-state index contributed by atoms with van der Waals surface area (Å²) >= 11 is 12.5. The molecule has 0 saturated carbocycles. The van der Waals surface area contributed by atoms with Crippen LogP contribution in [0.25, 0.3) is 0 Å². The smallest absolute Gasteiger partial charge is 0.338 e. The summed E-state index contributed by atoms with van der Waals surface area (Å²) < 4.78 is 62.7. The van der Waals surface area contributed by atoms with Crippen LogP contribution in [0.1, 0.15) is 16.8 Å². The molecule has 12 heteroatoms. The van der Waals surface area contributed by atoms with Gasteiger partial charge in [-0.1, -0.05) is 29.3 Å². The van der Waals surface area contributed by atoms with Gasteiger partial charge < -0.3 is 5.32 Å². The van der Waals surface area contributed by atoms with E-state index in [4.69, 9.17) is 23.2 Å². The van der Waals surface area contributed by atoms with Crippen molar-refractivity contribution >= 4 is 55.9 Å². The summed E-state index contributed by atoms with van der Waals surface area (Å²) in [6.07, 6.45) is -2.96. The third kappa shape index (κ3) is 5.13. The first kappa shape index (κ1) is 23.5. The zero-order valence-corrected chi connectivity index (χ0v) is 19.2. The van der Waals surface area contributed by atoms with E-state index in [2.05, 4.69) is 20.3 Å². The minimum atomic E-state index is -4.47. The maximum Gasteiger partial charge on any atom is 0.416 e. The Morgan fingerprint density at radius 1 is 1.03 bits per heavy atom. The molecular weight excluding hydrogens is 500 g/mol. The molecule has 0 bridgehead atoms. The predicted octanol–water partition coefficient (Wildman–Crippen LogP) is 5.82. The first-order valence-electron chi connectivity index (χ1n) is 9.46. The second kappa shape index (κ2) is 8.58. The van der Waals surface area contributed by atoms with Gasteiger partial charge in [-0.25, -0.2) is 13.4 Å². The summed E-state index contributed by atoms with van der Waals surface area (Å²) in [5.74, 6) is 0.0699. The molecular formula is C21H15Cl2F3N4O2S. The first-order chi connectivity index (χ1) is 15.4. The maximum absolute atomic E-state index is 12.8. The number of hydrogen-bond acceptors (Lipinski definition) is 6. The van der Waals surface area contributed by atoms with Crippen molar-refractivity contribution in [3.63, 3.8) is 0 Å². The molecule has 0 aliphatic carbocycles. The number of benzene rings is 2. The van der Waals surface area contributed by atoms with Crippen molar-refractivity contribution in [2.24, 2.45) is 4.99 Å². The molecule has 6 nitrogen and oxygen atoms in total. The second-order valence-corrected chi connectivity index (χ2v) is 10.1. The molecule has 4 rings (SSSR count). The van der Waals surface area contributed by atoms with Crippen molar-refractivity contribution in [3.05, 3.63) is 69.3 Å². The zero-order valence-electron chi connectivity index (χ0n) is 16.9. The average molecular weight is 515 g/mol. The molecule has 0 unspecified atom stereocenters. The molecule has 0 radical (unpaired) electrons. The first-order valence-corrected chi connectivity index (χ1v) is 12.1. The Morgan fingerprint density at radius 2 is 1.67 bits per heavy atom. The zero-order chi connectivity index (χ0) is 24.0. The monoisotopic (exact) mass is 514 g/mol. The number of aromatic nitrogens is 2. The molecule has 2 heterocycles. The lowest BCUT2D eigenvalue weighted by Crippen LogP contribution is -2.10. The van der Waals surface area contributed by atoms with E-state index < -0.39 is 26.7 Å². The van der Waals surface area contributed by atoms with E-state index in [1.165, 1.54) is 12.1 Å². The van der Waals surface area contributed by atoms with E-state index in [0.29, 0.717) is 39.1 Å². The summed E-state index contributed by atoms with van der Waals surface area (Å²) in [4.78, 5) is 12.8. The number of anilines is 2. The van der Waals surface area contributed by atoms with Gasteiger partial charge in [0.15, 0.2) is 5.82 Å². The number of rotatable bonds is 5.